The van der Waals surface area contributed by atoms with Gasteiger partial charge in [-0.25, -0.2) is 0 Å². The number of furan rings is 2. The molecule has 0 bridgehead atoms. The van der Waals surface area contributed by atoms with Crippen LogP contribution in [0.25, 0.3) is 11.0 Å². The van der Waals surface area contributed by atoms with Gasteiger partial charge in [0.1, 0.15) is 29.4 Å². The number of hydrogen-bond acceptors (Lipinski definition) is 6. The highest BCUT2D eigenvalue weighted by Crippen LogP contribution is 2.32. The van der Waals surface area contributed by atoms with Crippen molar-refractivity contribution in [3.05, 3.63) is 84.0 Å². The summed E-state index contributed by atoms with van der Waals surface area (Å²) in [5.41, 5.74) is 0.839. The number of nitrogens with zero attached hydrogens (tertiary/aromatic N) is 1. The van der Waals surface area contributed by atoms with Crippen molar-refractivity contribution in [3.63, 3.8) is 0 Å². The largest absolute Gasteiger partial charge is 0.486 e. The molecular weight excluding hydrogens is 424 g/mol. The fraction of sp³-hybridized carbons (Fsp3) is 0.200. The van der Waals surface area contributed by atoms with Crippen molar-refractivity contribution in [1.29, 1.82) is 0 Å². The number of hydrogen-bond donors (Lipinski definition) is 1. The van der Waals surface area contributed by atoms with E-state index in [1.54, 1.807) is 29.2 Å². The molecule has 2 aromatic carbocycles. The van der Waals surface area contributed by atoms with Gasteiger partial charge >= 0.3 is 0 Å². The number of amides is 2. The maximum absolute atomic E-state index is 13.1. The molecule has 33 heavy (non-hydrogen) atoms. The molecule has 168 valence electrons. The zero-order valence-corrected chi connectivity index (χ0v) is 17.8. The monoisotopic (exact) mass is 446 g/mol. The molecule has 8 nitrogen and oxygen atoms in total. The zero-order chi connectivity index (χ0) is 22.6. The lowest BCUT2D eigenvalue weighted by Crippen LogP contribution is -2.40. The lowest BCUT2D eigenvalue weighted by molar-refractivity contribution is 0.0285. The molecular formula is C25H22N2O6. The molecule has 3 heterocycles. The number of nitrogens with one attached hydrogen (secondary N) is 1. The molecule has 0 unspecified atom stereocenters. The molecule has 1 aliphatic rings. The molecule has 0 radical (unpaired) electrons. The molecule has 0 spiro atoms. The average molecular weight is 446 g/mol. The Hall–Kier alpha value is -4.04. The van der Waals surface area contributed by atoms with Gasteiger partial charge in [0.25, 0.3) is 11.8 Å². The summed E-state index contributed by atoms with van der Waals surface area (Å²) < 4.78 is 22.5. The van der Waals surface area contributed by atoms with Crippen molar-refractivity contribution in [2.24, 2.45) is 0 Å². The van der Waals surface area contributed by atoms with Crippen LogP contribution in [0.5, 0.6) is 5.75 Å². The summed E-state index contributed by atoms with van der Waals surface area (Å²) in [5.74, 6) is 0.633. The highest BCUT2D eigenvalue weighted by atomic mass is 16.5. The van der Waals surface area contributed by atoms with Crippen LogP contribution in [0.2, 0.25) is 0 Å². The van der Waals surface area contributed by atoms with E-state index in [9.17, 15) is 9.59 Å². The van der Waals surface area contributed by atoms with Crippen LogP contribution in [0.4, 0.5) is 5.69 Å². The summed E-state index contributed by atoms with van der Waals surface area (Å²) in [6, 6.07) is 19.8. The summed E-state index contributed by atoms with van der Waals surface area (Å²) in [5, 5.41) is 3.45. The summed E-state index contributed by atoms with van der Waals surface area (Å²) in [6.45, 7) is 2.05. The highest BCUT2D eigenvalue weighted by Gasteiger charge is 2.28. The highest BCUT2D eigenvalue weighted by molar-refractivity contribution is 6.13. The summed E-state index contributed by atoms with van der Waals surface area (Å²) in [7, 11) is 0. The number of carbonyl (C=O) groups excluding carboxylic acids is 2. The maximum atomic E-state index is 13.1. The summed E-state index contributed by atoms with van der Waals surface area (Å²) >= 11 is 0. The quantitative estimate of drug-likeness (QED) is 0.474. The number of benzene rings is 2. The number of carbonyl (C=O) groups is 2. The first kappa shape index (κ1) is 20.8. The van der Waals surface area contributed by atoms with Crippen molar-refractivity contribution in [1.82, 2.24) is 4.90 Å². The van der Waals surface area contributed by atoms with Gasteiger partial charge in [0.2, 0.25) is 5.76 Å². The van der Waals surface area contributed by atoms with E-state index in [0.29, 0.717) is 54.5 Å². The first-order valence-corrected chi connectivity index (χ1v) is 10.7. The number of rotatable bonds is 6. The Balaban J connectivity index is 1.36. The van der Waals surface area contributed by atoms with Crippen LogP contribution in [0.3, 0.4) is 0 Å². The second-order valence-corrected chi connectivity index (χ2v) is 7.53. The van der Waals surface area contributed by atoms with Crippen LogP contribution in [0, 0.1) is 0 Å². The van der Waals surface area contributed by atoms with E-state index in [1.807, 2.05) is 42.5 Å². The number of fused-ring (bicyclic) bond motifs is 1. The maximum Gasteiger partial charge on any atom is 0.291 e. The van der Waals surface area contributed by atoms with Crippen molar-refractivity contribution in [3.8, 4) is 5.75 Å². The SMILES string of the molecule is O=C(Nc1c(C(=O)N2CCOCC2)oc2ccccc12)c1ccc(COc2ccccc2)o1. The molecule has 2 amide bonds. The Morgan fingerprint density at radius 2 is 1.67 bits per heavy atom. The van der Waals surface area contributed by atoms with Crippen molar-refractivity contribution >= 4 is 28.5 Å². The fourth-order valence-electron chi connectivity index (χ4n) is 3.65. The minimum absolute atomic E-state index is 0.0886. The van der Waals surface area contributed by atoms with Gasteiger partial charge in [-0.1, -0.05) is 30.3 Å². The molecule has 2 aromatic heterocycles. The standard InChI is InChI=1S/C25H22N2O6/c28-24(21-11-10-18(32-21)16-31-17-6-2-1-3-7-17)26-22-19-8-4-5-9-20(19)33-23(22)25(29)27-12-14-30-15-13-27/h1-11H,12-16H2,(H,26,28). The molecule has 1 saturated heterocycles. The topological polar surface area (TPSA) is 94.2 Å². The predicted octanol–water partition coefficient (Wildman–Crippen LogP) is 4.33. The third-order valence-electron chi connectivity index (χ3n) is 5.34. The van der Waals surface area contributed by atoms with Crippen molar-refractivity contribution in [2.75, 3.05) is 31.6 Å². The third-order valence-corrected chi connectivity index (χ3v) is 5.34. The van der Waals surface area contributed by atoms with Crippen LogP contribution < -0.4 is 10.1 Å². The normalized spacial score (nSPS) is 13.8. The summed E-state index contributed by atoms with van der Waals surface area (Å²) in [4.78, 5) is 27.7. The van der Waals surface area contributed by atoms with Gasteiger partial charge < -0.3 is 28.5 Å². The Labute approximate surface area is 189 Å². The van der Waals surface area contributed by atoms with Gasteiger partial charge in [-0.05, 0) is 36.4 Å². The van der Waals surface area contributed by atoms with Gasteiger partial charge in [-0.15, -0.1) is 0 Å². The fourth-order valence-corrected chi connectivity index (χ4v) is 3.65. The molecule has 0 aliphatic carbocycles. The minimum Gasteiger partial charge on any atom is -0.486 e. The van der Waals surface area contributed by atoms with Gasteiger partial charge in [0.15, 0.2) is 5.76 Å². The van der Waals surface area contributed by atoms with Crippen LogP contribution in [-0.2, 0) is 11.3 Å². The molecule has 0 saturated carbocycles. The van der Waals surface area contributed by atoms with E-state index >= 15 is 0 Å². The van der Waals surface area contributed by atoms with Crippen LogP contribution in [0.1, 0.15) is 26.9 Å². The Morgan fingerprint density at radius 1 is 0.909 bits per heavy atom. The molecule has 8 heteroatoms. The Kier molecular flexibility index (Phi) is 5.82. The van der Waals surface area contributed by atoms with E-state index in [2.05, 4.69) is 5.32 Å². The molecule has 1 aliphatic heterocycles. The lowest BCUT2D eigenvalue weighted by Gasteiger charge is -2.26. The first-order valence-electron chi connectivity index (χ1n) is 10.7. The van der Waals surface area contributed by atoms with E-state index < -0.39 is 5.91 Å². The second kappa shape index (κ2) is 9.22. The van der Waals surface area contributed by atoms with Gasteiger partial charge in [0, 0.05) is 18.5 Å². The van der Waals surface area contributed by atoms with Gasteiger partial charge in [-0.2, -0.15) is 0 Å². The lowest BCUT2D eigenvalue weighted by atomic mass is 10.2. The summed E-state index contributed by atoms with van der Waals surface area (Å²) in [6.07, 6.45) is 0. The second-order valence-electron chi connectivity index (χ2n) is 7.53. The van der Waals surface area contributed by atoms with Gasteiger partial charge in [0.05, 0.1) is 13.2 Å². The molecule has 1 fully saturated rings. The average Bonchev–Trinajstić information content (AvgIpc) is 3.49. The predicted molar refractivity (Wildman–Crippen MR) is 120 cm³/mol. The number of para-hydroxylation sites is 2. The van der Waals surface area contributed by atoms with E-state index in [4.69, 9.17) is 18.3 Å². The van der Waals surface area contributed by atoms with Gasteiger partial charge in [-0.3, -0.25) is 9.59 Å². The van der Waals surface area contributed by atoms with E-state index in [-0.39, 0.29) is 24.0 Å². The number of morpholine rings is 1. The number of ether oxygens (including phenoxy) is 2. The number of anilines is 1. The zero-order valence-electron chi connectivity index (χ0n) is 17.8. The molecule has 1 N–H and O–H groups in total. The molecule has 0 atom stereocenters. The first-order chi connectivity index (χ1) is 16.2. The van der Waals surface area contributed by atoms with Crippen molar-refractivity contribution < 1.29 is 27.9 Å². The Bertz CT molecular complexity index is 1270. The van der Waals surface area contributed by atoms with Crippen LogP contribution in [0.15, 0.2) is 75.6 Å². The van der Waals surface area contributed by atoms with E-state index in [1.165, 1.54) is 0 Å². The third kappa shape index (κ3) is 4.47. The molecule has 5 rings (SSSR count). The smallest absolute Gasteiger partial charge is 0.291 e. The molecule has 4 aromatic rings. The van der Waals surface area contributed by atoms with E-state index in [0.717, 1.165) is 0 Å². The van der Waals surface area contributed by atoms with Crippen LogP contribution >= 0.6 is 0 Å². The van der Waals surface area contributed by atoms with Crippen molar-refractivity contribution in [2.45, 2.75) is 6.61 Å². The Morgan fingerprint density at radius 3 is 2.48 bits per heavy atom. The van der Waals surface area contributed by atoms with Crippen LogP contribution in [-0.4, -0.2) is 43.0 Å². The minimum atomic E-state index is -0.483.